The van der Waals surface area contributed by atoms with Crippen LogP contribution in [0.1, 0.15) is 25.7 Å². The average molecular weight is 413 g/mol. The van der Waals surface area contributed by atoms with Gasteiger partial charge in [-0.2, -0.15) is 4.31 Å². The fourth-order valence-corrected chi connectivity index (χ4v) is 5.58. The minimum Gasteiger partial charge on any atom is -0.382 e. The zero-order chi connectivity index (χ0) is 20.4. The molecule has 1 aliphatic heterocycles. The van der Waals surface area contributed by atoms with Crippen molar-refractivity contribution in [2.45, 2.75) is 36.1 Å². The number of nitrogens with zero attached hydrogens (tertiary/aromatic N) is 3. The number of likely N-dealkylation sites (N-methyl/N-ethyl adjacent to an activating group) is 1. The zero-order valence-corrected chi connectivity index (χ0v) is 17.2. The number of ether oxygens (including phenoxy) is 1. The van der Waals surface area contributed by atoms with E-state index in [0.717, 1.165) is 31.7 Å². The van der Waals surface area contributed by atoms with Gasteiger partial charge in [-0.25, -0.2) is 8.42 Å². The SMILES string of the molecule is CN(C)C1(CNc2ccc([N+](=O)[O-])cc2S(=O)(=O)N2CCOCC2)CCCC1. The van der Waals surface area contributed by atoms with Crippen molar-refractivity contribution >= 4 is 21.4 Å². The van der Waals surface area contributed by atoms with Crippen LogP contribution in [-0.4, -0.2) is 75.0 Å². The molecule has 2 aliphatic rings. The van der Waals surface area contributed by atoms with Gasteiger partial charge in [0, 0.05) is 37.3 Å². The molecule has 28 heavy (non-hydrogen) atoms. The van der Waals surface area contributed by atoms with Crippen LogP contribution in [0.15, 0.2) is 23.1 Å². The third kappa shape index (κ3) is 4.14. The Morgan fingerprint density at radius 1 is 1.25 bits per heavy atom. The normalized spacial score (nSPS) is 20.4. The minimum absolute atomic E-state index is 0.0399. The monoisotopic (exact) mass is 412 g/mol. The maximum atomic E-state index is 13.2. The van der Waals surface area contributed by atoms with Crippen molar-refractivity contribution in [1.29, 1.82) is 0 Å². The van der Waals surface area contributed by atoms with Crippen molar-refractivity contribution in [2.75, 3.05) is 52.3 Å². The van der Waals surface area contributed by atoms with Crippen molar-refractivity contribution < 1.29 is 18.1 Å². The summed E-state index contributed by atoms with van der Waals surface area (Å²) in [7, 11) is 0.210. The van der Waals surface area contributed by atoms with Gasteiger partial charge in [0.25, 0.3) is 5.69 Å². The molecule has 1 saturated carbocycles. The van der Waals surface area contributed by atoms with E-state index in [4.69, 9.17) is 4.74 Å². The fraction of sp³-hybridized carbons (Fsp3) is 0.667. The standard InChI is InChI=1S/C18H28N4O5S/c1-20(2)18(7-3-4-8-18)14-19-16-6-5-15(22(23)24)13-17(16)28(25,26)21-9-11-27-12-10-21/h5-6,13,19H,3-4,7-12,14H2,1-2H3. The Morgan fingerprint density at radius 2 is 1.89 bits per heavy atom. The third-order valence-electron chi connectivity index (χ3n) is 5.85. The summed E-state index contributed by atoms with van der Waals surface area (Å²) < 4.78 is 33.0. The first-order chi connectivity index (χ1) is 13.3. The number of nitro benzene ring substituents is 1. The molecule has 0 amide bonds. The molecule has 1 aromatic carbocycles. The molecule has 9 nitrogen and oxygen atoms in total. The van der Waals surface area contributed by atoms with Crippen LogP contribution in [0.3, 0.4) is 0 Å². The van der Waals surface area contributed by atoms with Crippen molar-refractivity contribution in [1.82, 2.24) is 9.21 Å². The Hall–Kier alpha value is -1.75. The fourth-order valence-electron chi connectivity index (χ4n) is 3.99. The molecular weight excluding hydrogens is 384 g/mol. The molecule has 0 aromatic heterocycles. The molecule has 156 valence electrons. The molecule has 2 fully saturated rings. The van der Waals surface area contributed by atoms with Gasteiger partial charge in [0.05, 0.1) is 23.8 Å². The van der Waals surface area contributed by atoms with Gasteiger partial charge in [-0.05, 0) is 33.0 Å². The van der Waals surface area contributed by atoms with Gasteiger partial charge < -0.3 is 15.0 Å². The molecule has 3 rings (SSSR count). The highest BCUT2D eigenvalue weighted by molar-refractivity contribution is 7.89. The number of non-ortho nitro benzene ring substituents is 1. The molecule has 0 unspecified atom stereocenters. The van der Waals surface area contributed by atoms with Gasteiger partial charge >= 0.3 is 0 Å². The highest BCUT2D eigenvalue weighted by Gasteiger charge is 2.37. The number of rotatable bonds is 7. The highest BCUT2D eigenvalue weighted by atomic mass is 32.2. The molecule has 0 bridgehead atoms. The quantitative estimate of drug-likeness (QED) is 0.539. The Labute approximate surface area is 165 Å². The smallest absolute Gasteiger partial charge is 0.270 e. The van der Waals surface area contributed by atoms with E-state index in [1.165, 1.54) is 16.4 Å². The highest BCUT2D eigenvalue weighted by Crippen LogP contribution is 2.35. The Morgan fingerprint density at radius 3 is 2.46 bits per heavy atom. The van der Waals surface area contributed by atoms with Crippen molar-refractivity contribution in [3.8, 4) is 0 Å². The lowest BCUT2D eigenvalue weighted by Gasteiger charge is -2.37. The second-order valence-electron chi connectivity index (χ2n) is 7.63. The lowest BCUT2D eigenvalue weighted by Crippen LogP contribution is -2.47. The van der Waals surface area contributed by atoms with E-state index in [1.807, 2.05) is 14.1 Å². The first-order valence-electron chi connectivity index (χ1n) is 9.54. The average Bonchev–Trinajstić information content (AvgIpc) is 3.17. The Bertz CT molecular complexity index is 815. The summed E-state index contributed by atoms with van der Waals surface area (Å²) in [6.45, 7) is 1.71. The van der Waals surface area contributed by atoms with Crippen LogP contribution in [0.5, 0.6) is 0 Å². The summed E-state index contributed by atoms with van der Waals surface area (Å²) >= 11 is 0. The Kier molecular flexibility index (Phi) is 6.23. The Balaban J connectivity index is 1.93. The summed E-state index contributed by atoms with van der Waals surface area (Å²) in [5.74, 6) is 0. The van der Waals surface area contributed by atoms with E-state index < -0.39 is 14.9 Å². The first kappa shape index (κ1) is 21.0. The van der Waals surface area contributed by atoms with E-state index >= 15 is 0 Å². The summed E-state index contributed by atoms with van der Waals surface area (Å²) in [6, 6.07) is 4.01. The van der Waals surface area contributed by atoms with Crippen LogP contribution in [0.2, 0.25) is 0 Å². The van der Waals surface area contributed by atoms with Crippen LogP contribution in [0.25, 0.3) is 0 Å². The van der Waals surface area contributed by atoms with E-state index in [0.29, 0.717) is 25.4 Å². The van der Waals surface area contributed by atoms with Crippen LogP contribution in [0.4, 0.5) is 11.4 Å². The van der Waals surface area contributed by atoms with E-state index in [2.05, 4.69) is 10.2 Å². The van der Waals surface area contributed by atoms with Gasteiger partial charge in [-0.3, -0.25) is 10.1 Å². The number of nitrogens with one attached hydrogen (secondary N) is 1. The molecule has 1 aromatic rings. The van der Waals surface area contributed by atoms with Crippen LogP contribution < -0.4 is 5.32 Å². The maximum absolute atomic E-state index is 13.2. The maximum Gasteiger partial charge on any atom is 0.270 e. The molecule has 1 N–H and O–H groups in total. The summed E-state index contributed by atoms with van der Waals surface area (Å²) in [5, 5.41) is 14.5. The molecule has 10 heteroatoms. The lowest BCUT2D eigenvalue weighted by molar-refractivity contribution is -0.385. The molecule has 1 aliphatic carbocycles. The van der Waals surface area contributed by atoms with Gasteiger partial charge in [-0.15, -0.1) is 0 Å². The molecule has 1 saturated heterocycles. The second-order valence-corrected chi connectivity index (χ2v) is 9.54. The predicted molar refractivity (Wildman–Crippen MR) is 106 cm³/mol. The number of hydrogen-bond donors (Lipinski definition) is 1. The van der Waals surface area contributed by atoms with E-state index in [9.17, 15) is 18.5 Å². The molecule has 1 heterocycles. The van der Waals surface area contributed by atoms with Gasteiger partial charge in [0.15, 0.2) is 0 Å². The van der Waals surface area contributed by atoms with Gasteiger partial charge in [0.2, 0.25) is 10.0 Å². The summed E-state index contributed by atoms with van der Waals surface area (Å²) in [4.78, 5) is 12.8. The number of benzene rings is 1. The number of nitro groups is 1. The minimum atomic E-state index is -3.86. The number of anilines is 1. The van der Waals surface area contributed by atoms with Crippen molar-refractivity contribution in [3.05, 3.63) is 28.3 Å². The third-order valence-corrected chi connectivity index (χ3v) is 7.79. The molecule has 0 atom stereocenters. The van der Waals surface area contributed by atoms with Crippen LogP contribution >= 0.6 is 0 Å². The van der Waals surface area contributed by atoms with Crippen LogP contribution in [-0.2, 0) is 14.8 Å². The van der Waals surface area contributed by atoms with Gasteiger partial charge in [0.1, 0.15) is 4.90 Å². The topological polar surface area (TPSA) is 105 Å². The van der Waals surface area contributed by atoms with E-state index in [-0.39, 0.29) is 29.2 Å². The van der Waals surface area contributed by atoms with Crippen molar-refractivity contribution in [3.63, 3.8) is 0 Å². The number of sulfonamides is 1. The van der Waals surface area contributed by atoms with Crippen molar-refractivity contribution in [2.24, 2.45) is 0 Å². The number of morpholine rings is 1. The largest absolute Gasteiger partial charge is 0.382 e. The van der Waals surface area contributed by atoms with Crippen LogP contribution in [0, 0.1) is 10.1 Å². The lowest BCUT2D eigenvalue weighted by atomic mass is 9.96. The second kappa shape index (κ2) is 8.32. The summed E-state index contributed by atoms with van der Waals surface area (Å²) in [6.07, 6.45) is 4.34. The molecule has 0 radical (unpaired) electrons. The first-order valence-corrected chi connectivity index (χ1v) is 11.0. The van der Waals surface area contributed by atoms with E-state index in [1.54, 1.807) is 0 Å². The molecule has 0 spiro atoms. The van der Waals surface area contributed by atoms with Gasteiger partial charge in [-0.1, -0.05) is 12.8 Å². The number of hydrogen-bond acceptors (Lipinski definition) is 7. The predicted octanol–water partition coefficient (Wildman–Crippen LogP) is 1.90. The zero-order valence-electron chi connectivity index (χ0n) is 16.4. The molecular formula is C18H28N4O5S. The summed E-state index contributed by atoms with van der Waals surface area (Å²) in [5.41, 5.74) is 0.132.